The van der Waals surface area contributed by atoms with Crippen LogP contribution in [0.25, 0.3) is 0 Å². The van der Waals surface area contributed by atoms with Gasteiger partial charge in [-0.1, -0.05) is 118 Å². The number of rotatable bonds is 22. The van der Waals surface area contributed by atoms with Gasteiger partial charge in [0.1, 0.15) is 12.7 Å². The van der Waals surface area contributed by atoms with Crippen molar-refractivity contribution in [2.45, 2.75) is 108 Å². The van der Waals surface area contributed by atoms with Gasteiger partial charge in [-0.3, -0.25) is 0 Å². The molecule has 4 nitrogen and oxygen atoms in total. The molecule has 1 atom stereocenters. The second-order valence-electron chi connectivity index (χ2n) is 8.96. The number of halogens is 1. The zero-order chi connectivity index (χ0) is 24.0. The zero-order valence-corrected chi connectivity index (χ0v) is 22.7. The maximum absolute atomic E-state index is 12.2. The normalized spacial score (nSPS) is 12.1. The Bertz CT molecular complexity index is 593. The fourth-order valence-corrected chi connectivity index (χ4v) is 4.18. The predicted molar refractivity (Wildman–Crippen MR) is 141 cm³/mol. The summed E-state index contributed by atoms with van der Waals surface area (Å²) in [7, 11) is 1.62. The summed E-state index contributed by atoms with van der Waals surface area (Å²) >= 11 is 3.40. The van der Waals surface area contributed by atoms with E-state index in [2.05, 4.69) is 22.9 Å². The number of ether oxygens (including phenoxy) is 3. The van der Waals surface area contributed by atoms with E-state index in [-0.39, 0.29) is 18.7 Å². The minimum atomic E-state index is -0.327. The number of unbranched alkanes of at least 4 members (excludes halogenated alkanes) is 13. The molecular weight excluding hydrogens is 480 g/mol. The van der Waals surface area contributed by atoms with Gasteiger partial charge < -0.3 is 14.2 Å². The van der Waals surface area contributed by atoms with Crippen LogP contribution in [0.3, 0.4) is 0 Å². The number of carbonyl (C=O) groups is 1. The van der Waals surface area contributed by atoms with Gasteiger partial charge >= 0.3 is 5.97 Å². The van der Waals surface area contributed by atoms with Crippen LogP contribution in [-0.4, -0.2) is 39.0 Å². The van der Waals surface area contributed by atoms with Gasteiger partial charge in [-0.15, -0.1) is 0 Å². The number of esters is 1. The standard InChI is InChI=1S/C28H47BrO4/c1-3-4-5-6-7-8-9-10-11-12-13-14-15-16-20-32-23-27(31-2)24-33-28(30)26-19-17-18-25(21-26)22-29/h17-19,21,27H,3-16,20,22-24H2,1-2H3. The number of hydrogen-bond donors (Lipinski definition) is 0. The van der Waals surface area contributed by atoms with Crippen LogP contribution in [0.15, 0.2) is 24.3 Å². The molecule has 0 saturated carbocycles. The lowest BCUT2D eigenvalue weighted by Gasteiger charge is -2.16. The summed E-state index contributed by atoms with van der Waals surface area (Å²) in [6.45, 7) is 3.66. The van der Waals surface area contributed by atoms with Crippen molar-refractivity contribution in [3.05, 3.63) is 35.4 Å². The molecule has 0 aromatic heterocycles. The van der Waals surface area contributed by atoms with Crippen LogP contribution in [-0.2, 0) is 19.5 Å². The third-order valence-electron chi connectivity index (χ3n) is 6.00. The van der Waals surface area contributed by atoms with Crippen LogP contribution in [0.2, 0.25) is 0 Å². The minimum Gasteiger partial charge on any atom is -0.459 e. The van der Waals surface area contributed by atoms with Crippen LogP contribution in [0, 0.1) is 0 Å². The van der Waals surface area contributed by atoms with Gasteiger partial charge in [0, 0.05) is 19.0 Å². The van der Waals surface area contributed by atoms with Gasteiger partial charge in [-0.25, -0.2) is 4.79 Å². The molecule has 33 heavy (non-hydrogen) atoms. The van der Waals surface area contributed by atoms with Crippen molar-refractivity contribution in [2.75, 3.05) is 26.9 Å². The van der Waals surface area contributed by atoms with Crippen LogP contribution >= 0.6 is 15.9 Å². The Morgan fingerprint density at radius 2 is 1.42 bits per heavy atom. The molecule has 0 N–H and O–H groups in total. The summed E-state index contributed by atoms with van der Waals surface area (Å²) in [5.41, 5.74) is 1.61. The van der Waals surface area contributed by atoms with Gasteiger partial charge in [-0.05, 0) is 24.1 Å². The summed E-state index contributed by atoms with van der Waals surface area (Å²) in [4.78, 5) is 12.2. The van der Waals surface area contributed by atoms with Gasteiger partial charge in [0.05, 0.1) is 12.2 Å². The Labute approximate surface area is 211 Å². The van der Waals surface area contributed by atoms with Crippen molar-refractivity contribution in [1.82, 2.24) is 0 Å². The van der Waals surface area contributed by atoms with Crippen molar-refractivity contribution in [1.29, 1.82) is 0 Å². The first-order chi connectivity index (χ1) is 16.2. The number of benzene rings is 1. The van der Waals surface area contributed by atoms with Crippen LogP contribution in [0.1, 0.15) is 113 Å². The molecule has 0 spiro atoms. The highest BCUT2D eigenvalue weighted by Crippen LogP contribution is 2.13. The Morgan fingerprint density at radius 3 is 1.97 bits per heavy atom. The predicted octanol–water partition coefficient (Wildman–Crippen LogP) is 8.25. The molecule has 5 heteroatoms. The summed E-state index contributed by atoms with van der Waals surface area (Å²) < 4.78 is 16.5. The van der Waals surface area contributed by atoms with E-state index < -0.39 is 0 Å². The number of alkyl halides is 1. The fourth-order valence-electron chi connectivity index (χ4n) is 3.83. The number of methoxy groups -OCH3 is 1. The minimum absolute atomic E-state index is 0.201. The van der Waals surface area contributed by atoms with Crippen LogP contribution in [0.5, 0.6) is 0 Å². The van der Waals surface area contributed by atoms with Crippen molar-refractivity contribution >= 4 is 21.9 Å². The third kappa shape index (κ3) is 16.4. The lowest BCUT2D eigenvalue weighted by molar-refractivity contribution is -0.0314. The molecular formula is C28H47BrO4. The highest BCUT2D eigenvalue weighted by molar-refractivity contribution is 9.08. The van der Waals surface area contributed by atoms with Gasteiger partial charge in [0.2, 0.25) is 0 Å². The zero-order valence-electron chi connectivity index (χ0n) is 21.1. The van der Waals surface area contributed by atoms with E-state index in [0.717, 1.165) is 18.6 Å². The largest absolute Gasteiger partial charge is 0.459 e. The molecule has 0 bridgehead atoms. The van der Waals surface area contributed by atoms with Crippen molar-refractivity contribution in [3.63, 3.8) is 0 Å². The molecule has 0 fully saturated rings. The SMILES string of the molecule is CCCCCCCCCCCCCCCCOCC(COC(=O)c1cccc(CBr)c1)OC. The monoisotopic (exact) mass is 526 g/mol. The average molecular weight is 528 g/mol. The van der Waals surface area contributed by atoms with Crippen LogP contribution < -0.4 is 0 Å². The van der Waals surface area contributed by atoms with E-state index in [1.165, 1.54) is 83.5 Å². The maximum atomic E-state index is 12.2. The van der Waals surface area contributed by atoms with E-state index in [4.69, 9.17) is 14.2 Å². The second kappa shape index (κ2) is 21.6. The number of hydrogen-bond acceptors (Lipinski definition) is 4. The van der Waals surface area contributed by atoms with E-state index in [0.29, 0.717) is 17.5 Å². The Balaban J connectivity index is 1.94. The Morgan fingerprint density at radius 1 is 0.848 bits per heavy atom. The Hall–Kier alpha value is -0.910. The van der Waals surface area contributed by atoms with Crippen molar-refractivity contribution < 1.29 is 19.0 Å². The fraction of sp³-hybridized carbons (Fsp3) is 0.750. The molecule has 190 valence electrons. The average Bonchev–Trinajstić information content (AvgIpc) is 2.85. The highest BCUT2D eigenvalue weighted by Gasteiger charge is 2.13. The van der Waals surface area contributed by atoms with E-state index in [9.17, 15) is 4.79 Å². The first-order valence-corrected chi connectivity index (χ1v) is 14.3. The van der Waals surface area contributed by atoms with Crippen LogP contribution in [0.4, 0.5) is 0 Å². The summed E-state index contributed by atoms with van der Waals surface area (Å²) in [6, 6.07) is 7.43. The summed E-state index contributed by atoms with van der Waals surface area (Å²) in [6.07, 6.45) is 18.7. The lowest BCUT2D eigenvalue weighted by atomic mass is 10.0. The molecule has 0 aliphatic heterocycles. The van der Waals surface area contributed by atoms with Gasteiger partial charge in [-0.2, -0.15) is 0 Å². The molecule has 0 saturated heterocycles. The summed E-state index contributed by atoms with van der Waals surface area (Å²) in [5, 5.41) is 0.710. The first kappa shape index (κ1) is 30.1. The molecule has 1 rings (SSSR count). The van der Waals surface area contributed by atoms with E-state index >= 15 is 0 Å². The molecule has 1 aromatic rings. The number of carbonyl (C=O) groups excluding carboxylic acids is 1. The molecule has 0 aliphatic rings. The topological polar surface area (TPSA) is 44.8 Å². The van der Waals surface area contributed by atoms with Crippen molar-refractivity contribution in [2.24, 2.45) is 0 Å². The Kier molecular flexibility index (Phi) is 19.7. The lowest BCUT2D eigenvalue weighted by Crippen LogP contribution is -2.26. The molecule has 0 heterocycles. The first-order valence-electron chi connectivity index (χ1n) is 13.1. The molecule has 1 aromatic carbocycles. The molecule has 0 aliphatic carbocycles. The smallest absolute Gasteiger partial charge is 0.338 e. The molecule has 0 amide bonds. The second-order valence-corrected chi connectivity index (χ2v) is 9.52. The van der Waals surface area contributed by atoms with E-state index in [1.54, 1.807) is 13.2 Å². The summed E-state index contributed by atoms with van der Waals surface area (Å²) in [5.74, 6) is -0.327. The van der Waals surface area contributed by atoms with E-state index in [1.807, 2.05) is 18.2 Å². The van der Waals surface area contributed by atoms with Gasteiger partial charge in [0.25, 0.3) is 0 Å². The molecule has 1 unspecified atom stereocenters. The molecule has 0 radical (unpaired) electrons. The third-order valence-corrected chi connectivity index (χ3v) is 6.64. The van der Waals surface area contributed by atoms with Crippen molar-refractivity contribution in [3.8, 4) is 0 Å². The highest BCUT2D eigenvalue weighted by atomic mass is 79.9. The van der Waals surface area contributed by atoms with Gasteiger partial charge in [0.15, 0.2) is 0 Å². The quantitative estimate of drug-likeness (QED) is 0.0865. The maximum Gasteiger partial charge on any atom is 0.338 e.